The summed E-state index contributed by atoms with van der Waals surface area (Å²) in [5, 5.41) is 10.4. The van der Waals surface area contributed by atoms with Gasteiger partial charge in [-0.05, 0) is 75.1 Å². The molecule has 170 valence electrons. The molecule has 6 nitrogen and oxygen atoms in total. The van der Waals surface area contributed by atoms with Crippen LogP contribution in [-0.2, 0) is 15.1 Å². The number of piperidine rings is 2. The van der Waals surface area contributed by atoms with Gasteiger partial charge in [0, 0.05) is 31.2 Å². The van der Waals surface area contributed by atoms with Crippen LogP contribution in [0.3, 0.4) is 0 Å². The zero-order valence-corrected chi connectivity index (χ0v) is 18.5. The Morgan fingerprint density at radius 2 is 1.77 bits per heavy atom. The third-order valence-corrected chi connectivity index (χ3v) is 7.79. The third kappa shape index (κ3) is 4.68. The van der Waals surface area contributed by atoms with Gasteiger partial charge in [0.05, 0.1) is 25.9 Å². The summed E-state index contributed by atoms with van der Waals surface area (Å²) in [6, 6.07) is 8.00. The molecule has 1 aliphatic carbocycles. The molecule has 0 spiro atoms. The molecule has 0 bridgehead atoms. The first-order valence-electron chi connectivity index (χ1n) is 12.2. The van der Waals surface area contributed by atoms with E-state index in [0.29, 0.717) is 36.8 Å². The maximum atomic E-state index is 13.0. The fourth-order valence-electron chi connectivity index (χ4n) is 5.38. The molecule has 4 aliphatic rings. The van der Waals surface area contributed by atoms with E-state index < -0.39 is 5.60 Å². The molecule has 1 N–H and O–H groups in total. The second-order valence-corrected chi connectivity index (χ2v) is 10.0. The van der Waals surface area contributed by atoms with Crippen molar-refractivity contribution in [3.05, 3.63) is 35.4 Å². The van der Waals surface area contributed by atoms with Crippen molar-refractivity contribution in [3.8, 4) is 0 Å². The van der Waals surface area contributed by atoms with Crippen molar-refractivity contribution in [2.24, 2.45) is 5.92 Å². The van der Waals surface area contributed by atoms with E-state index in [1.165, 1.54) is 38.6 Å². The molecule has 1 saturated carbocycles. The maximum absolute atomic E-state index is 13.0. The Bertz CT molecular complexity index is 751. The zero-order valence-electron chi connectivity index (χ0n) is 18.5. The number of likely N-dealkylation sites (tertiary alicyclic amines) is 2. The van der Waals surface area contributed by atoms with E-state index in [2.05, 4.69) is 4.90 Å². The second kappa shape index (κ2) is 9.18. The van der Waals surface area contributed by atoms with Crippen molar-refractivity contribution in [1.29, 1.82) is 0 Å². The van der Waals surface area contributed by atoms with Crippen molar-refractivity contribution in [3.63, 3.8) is 0 Å². The molecular formula is C25H36N2O4. The number of nitrogens with zero attached hydrogens (tertiary/aromatic N) is 2. The highest BCUT2D eigenvalue weighted by Crippen LogP contribution is 2.30. The Morgan fingerprint density at radius 3 is 2.39 bits per heavy atom. The summed E-state index contributed by atoms with van der Waals surface area (Å²) in [6.45, 7) is 5.57. The van der Waals surface area contributed by atoms with Crippen LogP contribution in [0.5, 0.6) is 0 Å². The summed E-state index contributed by atoms with van der Waals surface area (Å²) in [5.41, 5.74) is 0.655. The average Bonchev–Trinajstić information content (AvgIpc) is 2.76. The zero-order chi connectivity index (χ0) is 21.3. The summed E-state index contributed by atoms with van der Waals surface area (Å²) in [6.07, 6.45) is 9.03. The summed E-state index contributed by atoms with van der Waals surface area (Å²) in [5.74, 6) is 0.774. The number of hydrogen-bond donors (Lipinski definition) is 1. The number of hydrogen-bond acceptors (Lipinski definition) is 5. The molecular weight excluding hydrogens is 392 g/mol. The Kier molecular flexibility index (Phi) is 6.33. The van der Waals surface area contributed by atoms with Crippen molar-refractivity contribution in [1.82, 2.24) is 9.80 Å². The fourth-order valence-corrected chi connectivity index (χ4v) is 5.38. The molecule has 4 fully saturated rings. The van der Waals surface area contributed by atoms with Crippen LogP contribution in [0, 0.1) is 5.92 Å². The molecule has 1 atom stereocenters. The number of carbonyl (C=O) groups is 1. The van der Waals surface area contributed by atoms with Crippen LogP contribution >= 0.6 is 0 Å². The van der Waals surface area contributed by atoms with E-state index in [1.807, 2.05) is 29.2 Å². The topological polar surface area (TPSA) is 62.2 Å². The van der Waals surface area contributed by atoms with Crippen LogP contribution in [0.2, 0.25) is 0 Å². The highest BCUT2D eigenvalue weighted by Gasteiger charge is 2.38. The third-order valence-electron chi connectivity index (χ3n) is 7.79. The Balaban J connectivity index is 1.10. The number of amides is 1. The monoisotopic (exact) mass is 428 g/mol. The number of aliphatic hydroxyl groups is 1. The average molecular weight is 429 g/mol. The van der Waals surface area contributed by atoms with Gasteiger partial charge in [0.15, 0.2) is 0 Å². The molecule has 1 amide bonds. The first-order chi connectivity index (χ1) is 15.1. The second-order valence-electron chi connectivity index (χ2n) is 10.0. The Labute approximate surface area is 185 Å². The lowest BCUT2D eigenvalue weighted by atomic mass is 9.91. The van der Waals surface area contributed by atoms with Gasteiger partial charge in [-0.2, -0.15) is 0 Å². The van der Waals surface area contributed by atoms with E-state index in [1.54, 1.807) is 0 Å². The van der Waals surface area contributed by atoms with Crippen molar-refractivity contribution in [2.75, 3.05) is 46.0 Å². The maximum Gasteiger partial charge on any atom is 0.253 e. The van der Waals surface area contributed by atoms with Gasteiger partial charge in [0.1, 0.15) is 5.60 Å². The SMILES string of the molecule is O=C(c1ccc(C2(O)COC2)cc1)N1CCC(N2CCCC(COC3CCC3)C2)CC1. The van der Waals surface area contributed by atoms with E-state index in [-0.39, 0.29) is 5.91 Å². The molecule has 31 heavy (non-hydrogen) atoms. The Hall–Kier alpha value is -1.47. The molecule has 1 aromatic rings. The van der Waals surface area contributed by atoms with Gasteiger partial charge >= 0.3 is 0 Å². The predicted molar refractivity (Wildman–Crippen MR) is 118 cm³/mol. The molecule has 6 heteroatoms. The lowest BCUT2D eigenvalue weighted by Crippen LogP contribution is -2.50. The van der Waals surface area contributed by atoms with E-state index in [4.69, 9.17) is 9.47 Å². The quantitative estimate of drug-likeness (QED) is 0.755. The highest BCUT2D eigenvalue weighted by molar-refractivity contribution is 5.94. The molecule has 1 aromatic carbocycles. The van der Waals surface area contributed by atoms with Gasteiger partial charge in [0.25, 0.3) is 5.91 Å². The van der Waals surface area contributed by atoms with Crippen LogP contribution in [0.4, 0.5) is 0 Å². The van der Waals surface area contributed by atoms with E-state index in [0.717, 1.165) is 44.6 Å². The molecule has 0 radical (unpaired) electrons. The number of ether oxygens (including phenoxy) is 2. The van der Waals surface area contributed by atoms with Crippen molar-refractivity contribution < 1.29 is 19.4 Å². The summed E-state index contributed by atoms with van der Waals surface area (Å²) >= 11 is 0. The molecule has 3 heterocycles. The smallest absolute Gasteiger partial charge is 0.253 e. The molecule has 5 rings (SSSR count). The van der Waals surface area contributed by atoms with Gasteiger partial charge in [-0.25, -0.2) is 0 Å². The van der Waals surface area contributed by atoms with Crippen molar-refractivity contribution >= 4 is 5.91 Å². The Morgan fingerprint density at radius 1 is 1.03 bits per heavy atom. The first-order valence-corrected chi connectivity index (χ1v) is 12.2. The minimum absolute atomic E-state index is 0.104. The largest absolute Gasteiger partial charge is 0.380 e. The summed E-state index contributed by atoms with van der Waals surface area (Å²) in [4.78, 5) is 17.6. The molecule has 3 aliphatic heterocycles. The minimum Gasteiger partial charge on any atom is -0.380 e. The van der Waals surface area contributed by atoms with Crippen LogP contribution in [0.15, 0.2) is 24.3 Å². The van der Waals surface area contributed by atoms with Gasteiger partial charge in [-0.3, -0.25) is 9.69 Å². The molecule has 0 aromatic heterocycles. The first kappa shape index (κ1) is 21.4. The number of rotatable bonds is 6. The standard InChI is InChI=1S/C25H36N2O4/c28-24(20-6-8-21(9-7-20)25(29)17-30-18-25)26-13-10-22(11-14-26)27-12-2-3-19(15-27)16-31-23-4-1-5-23/h6-9,19,22-23,29H,1-5,10-18H2. The summed E-state index contributed by atoms with van der Waals surface area (Å²) in [7, 11) is 0. The fraction of sp³-hybridized carbons (Fsp3) is 0.720. The number of benzene rings is 1. The predicted octanol–water partition coefficient (Wildman–Crippen LogP) is 2.79. The normalized spacial score (nSPS) is 27.5. The van der Waals surface area contributed by atoms with E-state index >= 15 is 0 Å². The van der Waals surface area contributed by atoms with Gasteiger partial charge in [0.2, 0.25) is 0 Å². The van der Waals surface area contributed by atoms with Crippen molar-refractivity contribution in [2.45, 2.75) is 62.7 Å². The summed E-state index contributed by atoms with van der Waals surface area (Å²) < 4.78 is 11.2. The van der Waals surface area contributed by atoms with Crippen LogP contribution < -0.4 is 0 Å². The van der Waals surface area contributed by atoms with Crippen LogP contribution in [0.1, 0.15) is 60.9 Å². The lowest BCUT2D eigenvalue weighted by molar-refractivity contribution is -0.184. The number of carbonyl (C=O) groups excluding carboxylic acids is 1. The minimum atomic E-state index is -0.880. The van der Waals surface area contributed by atoms with Gasteiger partial charge in [-0.1, -0.05) is 12.1 Å². The van der Waals surface area contributed by atoms with E-state index in [9.17, 15) is 9.90 Å². The lowest BCUT2D eigenvalue weighted by Gasteiger charge is -2.42. The molecule has 3 saturated heterocycles. The van der Waals surface area contributed by atoms with Gasteiger partial charge in [-0.15, -0.1) is 0 Å². The van der Waals surface area contributed by atoms with Crippen LogP contribution in [-0.4, -0.2) is 79.0 Å². The molecule has 1 unspecified atom stereocenters. The highest BCUT2D eigenvalue weighted by atomic mass is 16.5. The van der Waals surface area contributed by atoms with Gasteiger partial charge < -0.3 is 19.5 Å². The van der Waals surface area contributed by atoms with Crippen LogP contribution in [0.25, 0.3) is 0 Å².